The first kappa shape index (κ1) is 31.4. The van der Waals surface area contributed by atoms with Gasteiger partial charge in [-0.2, -0.15) is 5.48 Å². The summed E-state index contributed by atoms with van der Waals surface area (Å²) in [7, 11) is 0. The predicted molar refractivity (Wildman–Crippen MR) is 126 cm³/mol. The second-order valence-electron chi connectivity index (χ2n) is 9.70. The summed E-state index contributed by atoms with van der Waals surface area (Å²) in [5.41, 5.74) is 1.69. The van der Waals surface area contributed by atoms with Crippen molar-refractivity contribution in [3.8, 4) is 0 Å². The van der Waals surface area contributed by atoms with E-state index < -0.39 is 74.2 Å². The Labute approximate surface area is 212 Å². The molecule has 36 heavy (non-hydrogen) atoms. The predicted octanol–water partition coefficient (Wildman–Crippen LogP) is -0.259. The lowest BCUT2D eigenvalue weighted by Crippen LogP contribution is -2.65. The Morgan fingerprint density at radius 3 is 2.06 bits per heavy atom. The summed E-state index contributed by atoms with van der Waals surface area (Å²) >= 11 is 0. The van der Waals surface area contributed by atoms with Gasteiger partial charge >= 0.3 is 0 Å². The van der Waals surface area contributed by atoms with Crippen LogP contribution in [0, 0.1) is 0 Å². The number of aliphatic hydroxyl groups excluding tert-OH is 5. The van der Waals surface area contributed by atoms with Crippen LogP contribution in [0.4, 0.5) is 0 Å². The van der Waals surface area contributed by atoms with Gasteiger partial charge in [0.25, 0.3) is 0 Å². The maximum absolute atomic E-state index is 12.3. The highest BCUT2D eigenvalue weighted by Gasteiger charge is 2.51. The molecule has 212 valence electrons. The molecule has 0 radical (unpaired) electrons. The minimum atomic E-state index is -1.70. The molecule has 12 heteroatoms. The van der Waals surface area contributed by atoms with E-state index >= 15 is 0 Å². The highest BCUT2D eigenvalue weighted by Crippen LogP contribution is 2.29. The van der Waals surface area contributed by atoms with E-state index in [2.05, 4.69) is 6.92 Å². The smallest absolute Gasteiger partial charge is 0.188 e. The zero-order chi connectivity index (χ0) is 26.7. The van der Waals surface area contributed by atoms with Crippen LogP contribution in [0.3, 0.4) is 0 Å². The highest BCUT2D eigenvalue weighted by atomic mass is 16.7. The molecule has 2 heterocycles. The van der Waals surface area contributed by atoms with Gasteiger partial charge in [0.15, 0.2) is 18.4 Å². The van der Waals surface area contributed by atoms with Gasteiger partial charge in [-0.1, -0.05) is 58.3 Å². The fraction of sp³-hybridized carbons (Fsp3) is 0.958. The van der Waals surface area contributed by atoms with Crippen LogP contribution in [0.15, 0.2) is 0 Å². The molecule has 0 aliphatic carbocycles. The monoisotopic (exact) mass is 523 g/mol. The van der Waals surface area contributed by atoms with Crippen molar-refractivity contribution < 1.29 is 54.5 Å². The Balaban J connectivity index is 1.88. The fourth-order valence-corrected chi connectivity index (χ4v) is 4.56. The van der Waals surface area contributed by atoms with Gasteiger partial charge in [0, 0.05) is 0 Å². The number of Topliss-reactive ketones (excluding diaryl/α,β-unsaturated/α-hetero) is 1. The van der Waals surface area contributed by atoms with Gasteiger partial charge < -0.3 is 49.7 Å². The summed E-state index contributed by atoms with van der Waals surface area (Å²) in [6.45, 7) is 2.73. The Bertz CT molecular complexity index is 625. The number of nitrogens with one attached hydrogen (secondary N) is 1. The molecule has 10 unspecified atom stereocenters. The maximum Gasteiger partial charge on any atom is 0.188 e. The lowest BCUT2D eigenvalue weighted by atomic mass is 9.97. The van der Waals surface area contributed by atoms with Gasteiger partial charge in [-0.3, -0.25) is 4.79 Å². The molecule has 2 saturated heterocycles. The summed E-state index contributed by atoms with van der Waals surface area (Å²) in [6.07, 6.45) is -1.50. The zero-order valence-corrected chi connectivity index (χ0v) is 21.3. The summed E-state index contributed by atoms with van der Waals surface area (Å²) in [4.78, 5) is 12.3. The zero-order valence-electron chi connectivity index (χ0n) is 21.3. The molecule has 2 aliphatic rings. The second kappa shape index (κ2) is 16.2. The van der Waals surface area contributed by atoms with Crippen LogP contribution in [0.5, 0.6) is 0 Å². The number of ether oxygens (including phenoxy) is 4. The first-order valence-corrected chi connectivity index (χ1v) is 13.1. The van der Waals surface area contributed by atoms with E-state index in [1.54, 1.807) is 5.48 Å². The minimum Gasteiger partial charge on any atom is -0.394 e. The van der Waals surface area contributed by atoms with Crippen molar-refractivity contribution >= 4 is 5.78 Å². The molecule has 0 bridgehead atoms. The Kier molecular flexibility index (Phi) is 14.2. The summed E-state index contributed by atoms with van der Waals surface area (Å²) < 4.78 is 22.4. The fourth-order valence-electron chi connectivity index (χ4n) is 4.56. The van der Waals surface area contributed by atoms with Crippen LogP contribution in [0.2, 0.25) is 0 Å². The lowest BCUT2D eigenvalue weighted by molar-refractivity contribution is -0.343. The molecular formula is C24H45NO11. The normalized spacial score (nSPS) is 36.2. The van der Waals surface area contributed by atoms with Crippen molar-refractivity contribution in [1.29, 1.82) is 0 Å². The minimum absolute atomic E-state index is 0.261. The second-order valence-corrected chi connectivity index (χ2v) is 9.70. The van der Waals surface area contributed by atoms with Gasteiger partial charge in [-0.05, 0) is 13.3 Å². The molecule has 12 nitrogen and oxygen atoms in total. The van der Waals surface area contributed by atoms with Crippen LogP contribution in [0.1, 0.15) is 71.6 Å². The average Bonchev–Trinajstić information content (AvgIpc) is 2.87. The number of aliphatic hydroxyl groups is 5. The van der Waals surface area contributed by atoms with Gasteiger partial charge in [0.05, 0.1) is 19.3 Å². The molecule has 7 N–H and O–H groups in total. The van der Waals surface area contributed by atoms with Crippen molar-refractivity contribution in [2.45, 2.75) is 133 Å². The summed E-state index contributed by atoms with van der Waals surface area (Å²) in [6, 6.07) is -1.54. The van der Waals surface area contributed by atoms with Crippen molar-refractivity contribution in [2.24, 2.45) is 0 Å². The maximum atomic E-state index is 12.3. The molecule has 2 rings (SSSR count). The van der Waals surface area contributed by atoms with Crippen LogP contribution in [-0.2, 0) is 23.7 Å². The van der Waals surface area contributed by atoms with Crippen molar-refractivity contribution in [3.05, 3.63) is 0 Å². The van der Waals surface area contributed by atoms with E-state index in [1.807, 2.05) is 6.92 Å². The number of ketones is 1. The van der Waals surface area contributed by atoms with E-state index in [-0.39, 0.29) is 6.10 Å². The third-order valence-corrected chi connectivity index (χ3v) is 6.79. The van der Waals surface area contributed by atoms with Gasteiger partial charge in [0.2, 0.25) is 0 Å². The molecule has 0 aromatic carbocycles. The van der Waals surface area contributed by atoms with E-state index in [0.717, 1.165) is 25.7 Å². The van der Waals surface area contributed by atoms with Gasteiger partial charge in [-0.25, -0.2) is 0 Å². The van der Waals surface area contributed by atoms with Gasteiger partial charge in [-0.15, -0.1) is 0 Å². The van der Waals surface area contributed by atoms with Crippen molar-refractivity contribution in [1.82, 2.24) is 5.48 Å². The molecule has 2 aliphatic heterocycles. The Hall–Kier alpha value is -0.770. The molecule has 0 aromatic heterocycles. The molecule has 10 atom stereocenters. The number of rotatable bonds is 16. The average molecular weight is 524 g/mol. The summed E-state index contributed by atoms with van der Waals surface area (Å²) in [5, 5.41) is 59.8. The Morgan fingerprint density at radius 2 is 1.47 bits per heavy atom. The molecule has 0 spiro atoms. The van der Waals surface area contributed by atoms with Gasteiger partial charge in [0.1, 0.15) is 42.7 Å². The molecule has 0 aromatic rings. The third-order valence-electron chi connectivity index (χ3n) is 6.79. The third kappa shape index (κ3) is 8.63. The van der Waals surface area contributed by atoms with Crippen molar-refractivity contribution in [3.63, 3.8) is 0 Å². The quantitative estimate of drug-likeness (QED) is 0.104. The first-order valence-electron chi connectivity index (χ1n) is 13.1. The topological polar surface area (TPSA) is 187 Å². The van der Waals surface area contributed by atoms with E-state index in [4.69, 9.17) is 18.9 Å². The number of carbonyl (C=O) groups excluding carboxylic acids is 1. The molecule has 0 amide bonds. The highest BCUT2D eigenvalue weighted by molar-refractivity contribution is 5.89. The number of hydrogen-bond donors (Lipinski definition) is 7. The lowest BCUT2D eigenvalue weighted by Gasteiger charge is -2.45. The largest absolute Gasteiger partial charge is 0.394 e. The molecule has 0 saturated carbocycles. The number of unbranched alkanes of at least 4 members (excludes halogenated alkanes) is 7. The number of hydrogen-bond acceptors (Lipinski definition) is 12. The molecule has 2 fully saturated rings. The number of hydroxylamine groups is 1. The van der Waals surface area contributed by atoms with Crippen molar-refractivity contribution in [2.75, 3.05) is 13.2 Å². The first-order chi connectivity index (χ1) is 17.3. The summed E-state index contributed by atoms with van der Waals surface area (Å²) in [5.74, 6) is -0.892. The van der Waals surface area contributed by atoms with Crippen LogP contribution in [0.25, 0.3) is 0 Å². The van der Waals surface area contributed by atoms with E-state index in [1.165, 1.54) is 32.1 Å². The van der Waals surface area contributed by atoms with Crippen LogP contribution < -0.4 is 5.48 Å². The SMILES string of the molecule is CCCCCCCCCCC(C)OC1OC(CO)C(OC2OC(CO)C(O)C(=O)C2NO)C(O)C1O. The van der Waals surface area contributed by atoms with Crippen LogP contribution in [-0.4, -0.2) is 111 Å². The standard InChI is InChI=1S/C24H45NO11/c1-3-4-5-6-7-8-9-10-11-14(2)33-24-21(31)20(30)22(16(13-27)35-24)36-23-17(25-32)19(29)18(28)15(12-26)34-23/h14-18,20-28,30-32H,3-13H2,1-2H3. The number of carbonyl (C=O) groups is 1. The Morgan fingerprint density at radius 1 is 0.889 bits per heavy atom. The van der Waals surface area contributed by atoms with E-state index in [9.17, 15) is 35.5 Å². The van der Waals surface area contributed by atoms with E-state index in [0.29, 0.717) is 0 Å². The molecular weight excluding hydrogens is 478 g/mol. The van der Waals surface area contributed by atoms with Crippen LogP contribution >= 0.6 is 0 Å².